The number of hydrogen-bond donors (Lipinski definition) is 0. The van der Waals surface area contributed by atoms with Crippen molar-refractivity contribution in [1.82, 2.24) is 19.1 Å². The molecule has 0 bridgehead atoms. The van der Waals surface area contributed by atoms with Gasteiger partial charge in [-0.2, -0.15) is 0 Å². The Bertz CT molecular complexity index is 1370. The van der Waals surface area contributed by atoms with Crippen molar-refractivity contribution in [3.8, 4) is 5.69 Å². The van der Waals surface area contributed by atoms with Gasteiger partial charge in [0.05, 0.1) is 12.0 Å². The maximum atomic E-state index is 13.5. The monoisotopic (exact) mass is 366 g/mol. The number of rotatable bonds is 3. The molecule has 0 saturated carbocycles. The number of para-hydroxylation sites is 1. The molecule has 2 aromatic carbocycles. The second-order valence-corrected chi connectivity index (χ2v) is 6.91. The van der Waals surface area contributed by atoms with E-state index in [1.807, 2.05) is 53.1 Å². The topological polar surface area (TPSA) is 52.7 Å². The summed E-state index contributed by atoms with van der Waals surface area (Å²) in [6, 6.07) is 21.8. The van der Waals surface area contributed by atoms with Gasteiger partial charge in [-0.05, 0) is 36.8 Å². The van der Waals surface area contributed by atoms with Crippen molar-refractivity contribution in [3.63, 3.8) is 0 Å². The van der Waals surface area contributed by atoms with Crippen LogP contribution in [0.25, 0.3) is 27.8 Å². The maximum Gasteiger partial charge on any atom is 0.282 e. The van der Waals surface area contributed by atoms with Gasteiger partial charge in [0.2, 0.25) is 0 Å². The van der Waals surface area contributed by atoms with Crippen LogP contribution in [-0.4, -0.2) is 19.1 Å². The highest BCUT2D eigenvalue weighted by atomic mass is 16.1. The van der Waals surface area contributed by atoms with Gasteiger partial charge in [0.25, 0.3) is 5.56 Å². The molecule has 0 aliphatic rings. The summed E-state index contributed by atoms with van der Waals surface area (Å²) in [6.45, 7) is 2.66. The van der Waals surface area contributed by atoms with Gasteiger partial charge in [0.1, 0.15) is 16.7 Å². The predicted octanol–water partition coefficient (Wildman–Crippen LogP) is 4.09. The third-order valence-corrected chi connectivity index (χ3v) is 4.95. The van der Waals surface area contributed by atoms with E-state index in [4.69, 9.17) is 0 Å². The highest BCUT2D eigenvalue weighted by molar-refractivity contribution is 6.01. The van der Waals surface area contributed by atoms with Gasteiger partial charge in [-0.25, -0.2) is 9.97 Å². The van der Waals surface area contributed by atoms with Gasteiger partial charge < -0.3 is 4.57 Å². The summed E-state index contributed by atoms with van der Waals surface area (Å²) in [5.41, 5.74) is 4.90. The van der Waals surface area contributed by atoms with Gasteiger partial charge in [0, 0.05) is 18.1 Å². The normalized spacial score (nSPS) is 11.3. The van der Waals surface area contributed by atoms with Crippen LogP contribution in [0.3, 0.4) is 0 Å². The zero-order chi connectivity index (χ0) is 19.1. The minimum atomic E-state index is -0.113. The Hall–Kier alpha value is -3.73. The fraction of sp³-hybridized carbons (Fsp3) is 0.0870. The van der Waals surface area contributed by atoms with Gasteiger partial charge in [0.15, 0.2) is 0 Å². The lowest BCUT2D eigenvalue weighted by Gasteiger charge is -2.11. The summed E-state index contributed by atoms with van der Waals surface area (Å²) in [5, 5.41) is 0.865. The number of aromatic nitrogens is 4. The molecule has 0 unspecified atom stereocenters. The molecule has 0 radical (unpaired) electrons. The van der Waals surface area contributed by atoms with E-state index in [0.717, 1.165) is 16.6 Å². The number of benzene rings is 2. The number of nitrogens with zero attached hydrogens (tertiary/aromatic N) is 4. The standard InChI is InChI=1S/C23H18N4O/c1-16-7-5-8-17(13-16)14-26-15-25-20-19-11-6-12-24-22(19)27(23(28)21(20)26)18-9-3-2-4-10-18/h2-13,15H,14H2,1H3. The molecule has 0 spiro atoms. The molecule has 3 aromatic heterocycles. The van der Waals surface area contributed by atoms with Crippen LogP contribution in [0.5, 0.6) is 0 Å². The van der Waals surface area contributed by atoms with Gasteiger partial charge in [-0.1, -0.05) is 48.0 Å². The van der Waals surface area contributed by atoms with Crippen LogP contribution in [0.1, 0.15) is 11.1 Å². The van der Waals surface area contributed by atoms with Crippen LogP contribution in [0, 0.1) is 6.92 Å². The minimum Gasteiger partial charge on any atom is -0.322 e. The van der Waals surface area contributed by atoms with E-state index in [9.17, 15) is 4.79 Å². The summed E-state index contributed by atoms with van der Waals surface area (Å²) >= 11 is 0. The first-order chi connectivity index (χ1) is 13.7. The number of fused-ring (bicyclic) bond motifs is 3. The average molecular weight is 366 g/mol. The molecule has 0 N–H and O–H groups in total. The third-order valence-electron chi connectivity index (χ3n) is 4.95. The van der Waals surface area contributed by atoms with Crippen molar-refractivity contribution in [2.45, 2.75) is 13.5 Å². The van der Waals surface area contributed by atoms with E-state index in [1.54, 1.807) is 17.1 Å². The molecule has 0 saturated heterocycles. The molecule has 28 heavy (non-hydrogen) atoms. The molecular weight excluding hydrogens is 348 g/mol. The van der Waals surface area contributed by atoms with Crippen molar-refractivity contribution in [1.29, 1.82) is 0 Å². The molecule has 0 aliphatic carbocycles. The van der Waals surface area contributed by atoms with Crippen LogP contribution in [0.4, 0.5) is 0 Å². The van der Waals surface area contributed by atoms with Crippen molar-refractivity contribution >= 4 is 22.1 Å². The van der Waals surface area contributed by atoms with E-state index in [-0.39, 0.29) is 5.56 Å². The van der Waals surface area contributed by atoms with Crippen molar-refractivity contribution in [3.05, 3.63) is 101 Å². The summed E-state index contributed by atoms with van der Waals surface area (Å²) in [6.07, 6.45) is 3.45. The second kappa shape index (κ2) is 6.46. The van der Waals surface area contributed by atoms with Crippen LogP contribution in [-0.2, 0) is 6.54 Å². The number of hydrogen-bond acceptors (Lipinski definition) is 3. The van der Waals surface area contributed by atoms with Crippen LogP contribution in [0.15, 0.2) is 84.0 Å². The Kier molecular flexibility index (Phi) is 3.79. The fourth-order valence-electron chi connectivity index (χ4n) is 3.71. The lowest BCUT2D eigenvalue weighted by molar-refractivity contribution is 0.815. The molecule has 5 rings (SSSR count). The van der Waals surface area contributed by atoms with E-state index in [0.29, 0.717) is 23.2 Å². The Morgan fingerprint density at radius 3 is 2.61 bits per heavy atom. The molecular formula is C23H18N4O. The molecule has 0 atom stereocenters. The molecule has 5 nitrogen and oxygen atoms in total. The smallest absolute Gasteiger partial charge is 0.282 e. The molecule has 0 aliphatic heterocycles. The second-order valence-electron chi connectivity index (χ2n) is 6.91. The number of imidazole rings is 1. The quantitative estimate of drug-likeness (QED) is 0.483. The van der Waals surface area contributed by atoms with Crippen LogP contribution < -0.4 is 5.56 Å². The van der Waals surface area contributed by atoms with Crippen molar-refractivity contribution < 1.29 is 0 Å². The zero-order valence-electron chi connectivity index (χ0n) is 15.4. The van der Waals surface area contributed by atoms with E-state index < -0.39 is 0 Å². The van der Waals surface area contributed by atoms with E-state index >= 15 is 0 Å². The average Bonchev–Trinajstić information content (AvgIpc) is 3.13. The maximum absolute atomic E-state index is 13.5. The van der Waals surface area contributed by atoms with E-state index in [1.165, 1.54) is 5.56 Å². The molecule has 0 fully saturated rings. The fourth-order valence-corrected chi connectivity index (χ4v) is 3.71. The van der Waals surface area contributed by atoms with Crippen molar-refractivity contribution in [2.75, 3.05) is 0 Å². The highest BCUT2D eigenvalue weighted by Crippen LogP contribution is 2.23. The SMILES string of the molecule is Cc1cccc(Cn2cnc3c4cccnc4n(-c4ccccc4)c(=O)c32)c1. The molecule has 5 heteroatoms. The van der Waals surface area contributed by atoms with Crippen LogP contribution >= 0.6 is 0 Å². The highest BCUT2D eigenvalue weighted by Gasteiger charge is 2.17. The largest absolute Gasteiger partial charge is 0.322 e. The summed E-state index contributed by atoms with van der Waals surface area (Å²) < 4.78 is 3.60. The van der Waals surface area contributed by atoms with Gasteiger partial charge in [-0.15, -0.1) is 0 Å². The van der Waals surface area contributed by atoms with Gasteiger partial charge >= 0.3 is 0 Å². The molecule has 0 amide bonds. The zero-order valence-corrected chi connectivity index (χ0v) is 15.4. The molecule has 3 heterocycles. The van der Waals surface area contributed by atoms with Gasteiger partial charge in [-0.3, -0.25) is 9.36 Å². The number of pyridine rings is 2. The van der Waals surface area contributed by atoms with Crippen molar-refractivity contribution in [2.24, 2.45) is 0 Å². The lowest BCUT2D eigenvalue weighted by atomic mass is 10.1. The first kappa shape index (κ1) is 16.4. The first-order valence-corrected chi connectivity index (χ1v) is 9.18. The Labute approximate surface area is 161 Å². The molecule has 5 aromatic rings. The minimum absolute atomic E-state index is 0.113. The molecule has 136 valence electrons. The lowest BCUT2D eigenvalue weighted by Crippen LogP contribution is -2.22. The predicted molar refractivity (Wildman–Crippen MR) is 111 cm³/mol. The Balaban J connectivity index is 1.82. The number of aryl methyl sites for hydroxylation is 1. The Morgan fingerprint density at radius 1 is 0.929 bits per heavy atom. The summed E-state index contributed by atoms with van der Waals surface area (Å²) in [7, 11) is 0. The van der Waals surface area contributed by atoms with Crippen LogP contribution in [0.2, 0.25) is 0 Å². The first-order valence-electron chi connectivity index (χ1n) is 9.18. The summed E-state index contributed by atoms with van der Waals surface area (Å²) in [5.74, 6) is 0. The summed E-state index contributed by atoms with van der Waals surface area (Å²) in [4.78, 5) is 22.6. The third kappa shape index (κ3) is 2.60. The Morgan fingerprint density at radius 2 is 1.79 bits per heavy atom. The van der Waals surface area contributed by atoms with E-state index in [2.05, 4.69) is 35.1 Å².